The normalized spacial score (nSPS) is 22.9. The first-order valence-corrected chi connectivity index (χ1v) is 11.6. The van der Waals surface area contributed by atoms with Crippen LogP contribution < -0.4 is 4.74 Å². The van der Waals surface area contributed by atoms with Gasteiger partial charge in [-0.2, -0.15) is 0 Å². The highest BCUT2D eigenvalue weighted by atomic mass is 16.5. The number of likely N-dealkylation sites (N-methyl/N-ethyl adjacent to an activating group) is 1. The van der Waals surface area contributed by atoms with Gasteiger partial charge in [0.15, 0.2) is 0 Å². The summed E-state index contributed by atoms with van der Waals surface area (Å²) in [5.41, 5.74) is 1.16. The number of pyridine rings is 1. The van der Waals surface area contributed by atoms with Crippen LogP contribution in [0.2, 0.25) is 0 Å². The van der Waals surface area contributed by atoms with E-state index in [0.717, 1.165) is 18.7 Å². The average molecular weight is 461 g/mol. The summed E-state index contributed by atoms with van der Waals surface area (Å²) in [4.78, 5) is 36.1. The minimum atomic E-state index is -0.357. The number of allylic oxidation sites excluding steroid dienone is 1. The molecule has 2 aliphatic heterocycles. The van der Waals surface area contributed by atoms with Crippen molar-refractivity contribution in [3.05, 3.63) is 29.5 Å². The minimum absolute atomic E-state index is 0.0167. The van der Waals surface area contributed by atoms with E-state index in [2.05, 4.69) is 9.88 Å². The number of ether oxygens (including phenoxy) is 2. The van der Waals surface area contributed by atoms with E-state index in [0.29, 0.717) is 38.4 Å². The molecule has 1 N–H and O–H groups in total. The third kappa shape index (κ3) is 6.31. The van der Waals surface area contributed by atoms with Crippen molar-refractivity contribution in [2.45, 2.75) is 32.9 Å². The fourth-order valence-electron chi connectivity index (χ4n) is 4.06. The fraction of sp³-hybridized carbons (Fsp3) is 0.625. The quantitative estimate of drug-likeness (QED) is 0.652. The van der Waals surface area contributed by atoms with Gasteiger partial charge in [-0.05, 0) is 25.5 Å². The van der Waals surface area contributed by atoms with Gasteiger partial charge in [0.25, 0.3) is 5.91 Å². The molecule has 182 valence electrons. The topological polar surface area (TPSA) is 95.4 Å². The van der Waals surface area contributed by atoms with Gasteiger partial charge in [-0.15, -0.1) is 0 Å². The van der Waals surface area contributed by atoms with Crippen molar-refractivity contribution < 1.29 is 24.2 Å². The van der Waals surface area contributed by atoms with Crippen LogP contribution in [0.3, 0.4) is 0 Å². The lowest BCUT2D eigenvalue weighted by atomic mass is 10.00. The van der Waals surface area contributed by atoms with Gasteiger partial charge < -0.3 is 24.4 Å². The Balaban J connectivity index is 1.82. The van der Waals surface area contributed by atoms with Crippen molar-refractivity contribution in [3.63, 3.8) is 0 Å². The Morgan fingerprint density at radius 1 is 1.39 bits per heavy atom. The number of carbonyl (C=O) groups excluding carboxylic acids is 2. The van der Waals surface area contributed by atoms with Gasteiger partial charge in [0.05, 0.1) is 39.0 Å². The van der Waals surface area contributed by atoms with Crippen LogP contribution in [0, 0.1) is 5.92 Å². The molecule has 1 fully saturated rings. The molecule has 0 unspecified atom stereocenters. The Kier molecular flexibility index (Phi) is 8.82. The Morgan fingerprint density at radius 2 is 2.12 bits per heavy atom. The van der Waals surface area contributed by atoms with Gasteiger partial charge >= 0.3 is 0 Å². The maximum Gasteiger partial charge on any atom is 0.259 e. The van der Waals surface area contributed by atoms with E-state index in [1.54, 1.807) is 29.1 Å². The van der Waals surface area contributed by atoms with Gasteiger partial charge in [-0.25, -0.2) is 4.98 Å². The number of aromatic nitrogens is 1. The first-order chi connectivity index (χ1) is 15.8. The molecule has 1 saturated heterocycles. The van der Waals surface area contributed by atoms with Crippen molar-refractivity contribution in [2.75, 3.05) is 59.6 Å². The molecule has 3 atom stereocenters. The van der Waals surface area contributed by atoms with Gasteiger partial charge in [0.1, 0.15) is 11.7 Å². The highest BCUT2D eigenvalue weighted by molar-refractivity contribution is 5.97. The van der Waals surface area contributed by atoms with Crippen LogP contribution in [0.1, 0.15) is 36.7 Å². The van der Waals surface area contributed by atoms with E-state index >= 15 is 0 Å². The number of rotatable bonds is 7. The lowest BCUT2D eigenvalue weighted by Gasteiger charge is -2.38. The fourth-order valence-corrected chi connectivity index (χ4v) is 4.06. The second kappa shape index (κ2) is 11.6. The molecule has 0 aromatic carbocycles. The molecular weight excluding hydrogens is 424 g/mol. The predicted octanol–water partition coefficient (Wildman–Crippen LogP) is 1.13. The summed E-state index contributed by atoms with van der Waals surface area (Å²) in [6.45, 7) is 9.48. The molecule has 0 saturated carbocycles. The van der Waals surface area contributed by atoms with E-state index < -0.39 is 0 Å². The molecule has 2 aliphatic rings. The number of fused-ring (bicyclic) bond motifs is 1. The highest BCUT2D eigenvalue weighted by Crippen LogP contribution is 2.27. The van der Waals surface area contributed by atoms with E-state index in [-0.39, 0.29) is 42.4 Å². The first kappa shape index (κ1) is 25.1. The zero-order chi connectivity index (χ0) is 24.0. The number of nitrogens with zero attached hydrogens (tertiary/aromatic N) is 4. The van der Waals surface area contributed by atoms with Crippen LogP contribution >= 0.6 is 0 Å². The summed E-state index contributed by atoms with van der Waals surface area (Å²) in [5, 5.41) is 9.76. The average Bonchev–Trinajstić information content (AvgIpc) is 2.82. The molecule has 0 aliphatic carbocycles. The summed E-state index contributed by atoms with van der Waals surface area (Å²) in [6, 6.07) is 1.42. The molecule has 9 heteroatoms. The standard InChI is InChI=1S/C24H36N4O5/c1-5-6-19-11-20-23(25-12-19)33-21(17(2)13-28(24(20)31)18(3)16-29)14-26(4)22(30)15-27-7-9-32-10-8-27/h5-6,11-12,17-18,21,29H,7-10,13-16H2,1-4H3/b6-5+/t17-,18-,21-/m1/s1. The van der Waals surface area contributed by atoms with Crippen molar-refractivity contribution in [2.24, 2.45) is 5.92 Å². The maximum absolute atomic E-state index is 13.3. The van der Waals surface area contributed by atoms with Gasteiger partial charge in [-0.1, -0.05) is 19.1 Å². The lowest BCUT2D eigenvalue weighted by Crippen LogP contribution is -2.51. The van der Waals surface area contributed by atoms with E-state index in [9.17, 15) is 14.7 Å². The molecule has 9 nitrogen and oxygen atoms in total. The molecule has 1 aromatic heterocycles. The van der Waals surface area contributed by atoms with Crippen molar-refractivity contribution in [3.8, 4) is 5.88 Å². The Hall–Kier alpha value is -2.49. The molecule has 0 radical (unpaired) electrons. The van der Waals surface area contributed by atoms with Crippen LogP contribution in [0.25, 0.3) is 6.08 Å². The second-order valence-corrected chi connectivity index (χ2v) is 8.91. The third-order valence-corrected chi connectivity index (χ3v) is 6.24. The summed E-state index contributed by atoms with van der Waals surface area (Å²) in [5.74, 6) is -0.0174. The van der Waals surface area contributed by atoms with Crippen molar-refractivity contribution >= 4 is 17.9 Å². The number of aliphatic hydroxyl groups excluding tert-OH is 1. The van der Waals surface area contributed by atoms with Crippen LogP contribution in [0.4, 0.5) is 0 Å². The van der Waals surface area contributed by atoms with Crippen LogP contribution in [-0.2, 0) is 9.53 Å². The number of morpholine rings is 1. The number of amides is 2. The van der Waals surface area contributed by atoms with Crippen LogP contribution in [0.5, 0.6) is 5.88 Å². The summed E-state index contributed by atoms with van der Waals surface area (Å²) >= 11 is 0. The van der Waals surface area contributed by atoms with Crippen molar-refractivity contribution in [1.29, 1.82) is 0 Å². The molecule has 3 heterocycles. The monoisotopic (exact) mass is 460 g/mol. The van der Waals surface area contributed by atoms with E-state index in [4.69, 9.17) is 9.47 Å². The molecule has 3 rings (SSSR count). The predicted molar refractivity (Wildman–Crippen MR) is 125 cm³/mol. The lowest BCUT2D eigenvalue weighted by molar-refractivity contribution is -0.133. The largest absolute Gasteiger partial charge is 0.472 e. The highest BCUT2D eigenvalue weighted by Gasteiger charge is 2.34. The van der Waals surface area contributed by atoms with Crippen molar-refractivity contribution in [1.82, 2.24) is 19.7 Å². The van der Waals surface area contributed by atoms with Gasteiger partial charge in [0, 0.05) is 38.8 Å². The van der Waals surface area contributed by atoms with E-state index in [1.165, 1.54) is 0 Å². The smallest absolute Gasteiger partial charge is 0.259 e. The number of carbonyl (C=O) groups is 2. The molecule has 2 amide bonds. The summed E-state index contributed by atoms with van der Waals surface area (Å²) < 4.78 is 11.6. The third-order valence-electron chi connectivity index (χ3n) is 6.24. The Morgan fingerprint density at radius 3 is 2.79 bits per heavy atom. The molecular formula is C24H36N4O5. The molecule has 33 heavy (non-hydrogen) atoms. The van der Waals surface area contributed by atoms with Crippen LogP contribution in [-0.4, -0.2) is 108 Å². The van der Waals surface area contributed by atoms with Gasteiger partial charge in [0.2, 0.25) is 11.8 Å². The molecule has 0 spiro atoms. The summed E-state index contributed by atoms with van der Waals surface area (Å²) in [6.07, 6.45) is 5.06. The number of hydrogen-bond acceptors (Lipinski definition) is 7. The van der Waals surface area contributed by atoms with Crippen LogP contribution in [0.15, 0.2) is 18.3 Å². The first-order valence-electron chi connectivity index (χ1n) is 11.6. The number of hydrogen-bond donors (Lipinski definition) is 1. The number of aliphatic hydroxyl groups is 1. The van der Waals surface area contributed by atoms with Gasteiger partial charge in [-0.3, -0.25) is 14.5 Å². The molecule has 1 aromatic rings. The summed E-state index contributed by atoms with van der Waals surface area (Å²) in [7, 11) is 1.78. The maximum atomic E-state index is 13.3. The van der Waals surface area contributed by atoms with E-state index in [1.807, 2.05) is 32.9 Å². The molecule has 0 bridgehead atoms. The second-order valence-electron chi connectivity index (χ2n) is 8.91. The SMILES string of the molecule is C/C=C/c1cnc2c(c1)C(=O)N([C@H](C)CO)C[C@@H](C)[C@@H](CN(C)C(=O)CN1CCOCC1)O2. The zero-order valence-corrected chi connectivity index (χ0v) is 20.1. The zero-order valence-electron chi connectivity index (χ0n) is 20.1. The Labute approximate surface area is 196 Å². The minimum Gasteiger partial charge on any atom is -0.472 e. The Bertz CT molecular complexity index is 855.